The van der Waals surface area contributed by atoms with Crippen molar-refractivity contribution in [3.63, 3.8) is 0 Å². The summed E-state index contributed by atoms with van der Waals surface area (Å²) < 4.78 is 1.60. The topological polar surface area (TPSA) is 90.0 Å². The highest BCUT2D eigenvalue weighted by Crippen LogP contribution is 2.28. The molecule has 0 fully saturated rings. The summed E-state index contributed by atoms with van der Waals surface area (Å²) >= 11 is 2.80. The molecule has 0 aliphatic rings. The molecule has 27 heavy (non-hydrogen) atoms. The van der Waals surface area contributed by atoms with E-state index in [-0.39, 0.29) is 11.5 Å². The fourth-order valence-corrected chi connectivity index (χ4v) is 4.09. The molecule has 3 aromatic heterocycles. The van der Waals surface area contributed by atoms with Crippen LogP contribution >= 0.6 is 22.7 Å². The van der Waals surface area contributed by atoms with E-state index in [1.165, 1.54) is 11.3 Å². The Labute approximate surface area is 162 Å². The Morgan fingerprint density at radius 1 is 1.00 bits per heavy atom. The van der Waals surface area contributed by atoms with E-state index in [2.05, 4.69) is 10.4 Å². The Morgan fingerprint density at radius 3 is 2.52 bits per heavy atom. The number of amides is 2. The molecule has 6 nitrogen and oxygen atoms in total. The van der Waals surface area contributed by atoms with Gasteiger partial charge >= 0.3 is 0 Å². The van der Waals surface area contributed by atoms with E-state index in [4.69, 9.17) is 5.73 Å². The van der Waals surface area contributed by atoms with Gasteiger partial charge in [0, 0.05) is 0 Å². The van der Waals surface area contributed by atoms with E-state index in [0.717, 1.165) is 10.6 Å². The number of carbonyl (C=O) groups is 2. The summed E-state index contributed by atoms with van der Waals surface area (Å²) in [7, 11) is 0. The van der Waals surface area contributed by atoms with E-state index in [9.17, 15) is 9.59 Å². The third-order valence-corrected chi connectivity index (χ3v) is 5.60. The molecule has 3 heterocycles. The largest absolute Gasteiger partial charge is 0.366 e. The van der Waals surface area contributed by atoms with Crippen LogP contribution in [0.3, 0.4) is 0 Å². The highest BCUT2D eigenvalue weighted by Gasteiger charge is 2.20. The third-order valence-electron chi connectivity index (χ3n) is 3.87. The zero-order valence-corrected chi connectivity index (χ0v) is 15.6. The number of nitrogens with one attached hydrogen (secondary N) is 1. The molecule has 0 bridgehead atoms. The van der Waals surface area contributed by atoms with Gasteiger partial charge in [0.25, 0.3) is 11.8 Å². The maximum atomic E-state index is 12.9. The van der Waals surface area contributed by atoms with Crippen molar-refractivity contribution in [2.45, 2.75) is 0 Å². The van der Waals surface area contributed by atoms with E-state index >= 15 is 0 Å². The second-order valence-corrected chi connectivity index (χ2v) is 7.49. The summed E-state index contributed by atoms with van der Waals surface area (Å²) in [5.41, 5.74) is 7.50. The molecule has 0 aliphatic heterocycles. The minimum Gasteiger partial charge on any atom is -0.366 e. The molecule has 0 radical (unpaired) electrons. The zero-order chi connectivity index (χ0) is 18.8. The zero-order valence-electron chi connectivity index (χ0n) is 14.0. The third kappa shape index (κ3) is 3.40. The Kier molecular flexibility index (Phi) is 4.57. The van der Waals surface area contributed by atoms with E-state index in [1.807, 2.05) is 47.8 Å². The number of hydrogen-bond donors (Lipinski definition) is 2. The maximum Gasteiger partial charge on any atom is 0.275 e. The number of benzene rings is 1. The molecule has 3 N–H and O–H groups in total. The number of para-hydroxylation sites is 1. The van der Waals surface area contributed by atoms with Crippen LogP contribution in [-0.4, -0.2) is 21.6 Å². The quantitative estimate of drug-likeness (QED) is 0.536. The standard InChI is InChI=1S/C19H14N4O2S2/c20-17(24)13-8-10-27-19(13)21-18(25)15-11-14(16-7-4-9-26-16)22-23(15)12-5-2-1-3-6-12/h1-11H,(H2,20,24)(H,21,25). The molecule has 4 rings (SSSR count). The monoisotopic (exact) mass is 394 g/mol. The average molecular weight is 394 g/mol. The number of rotatable bonds is 5. The predicted octanol–water partition coefficient (Wildman–Crippen LogP) is 4.01. The van der Waals surface area contributed by atoms with Crippen molar-refractivity contribution in [3.8, 4) is 16.3 Å². The van der Waals surface area contributed by atoms with E-state index in [0.29, 0.717) is 16.4 Å². The van der Waals surface area contributed by atoms with Crippen molar-refractivity contribution in [3.05, 3.63) is 76.6 Å². The van der Waals surface area contributed by atoms with Crippen LogP contribution in [0.4, 0.5) is 5.00 Å². The van der Waals surface area contributed by atoms with Crippen LogP contribution in [0.25, 0.3) is 16.3 Å². The SMILES string of the molecule is NC(=O)c1ccsc1NC(=O)c1cc(-c2cccs2)nn1-c1ccccc1. The van der Waals surface area contributed by atoms with Crippen LogP contribution in [0.5, 0.6) is 0 Å². The van der Waals surface area contributed by atoms with Crippen molar-refractivity contribution in [1.82, 2.24) is 9.78 Å². The molecule has 2 amide bonds. The van der Waals surface area contributed by atoms with Gasteiger partial charge < -0.3 is 11.1 Å². The fourth-order valence-electron chi connectivity index (χ4n) is 2.62. The van der Waals surface area contributed by atoms with Gasteiger partial charge in [-0.15, -0.1) is 22.7 Å². The summed E-state index contributed by atoms with van der Waals surface area (Å²) in [4.78, 5) is 25.4. The Hall–Kier alpha value is -3.23. The lowest BCUT2D eigenvalue weighted by molar-refractivity contribution is 0.100. The Balaban J connectivity index is 1.75. The summed E-state index contributed by atoms with van der Waals surface area (Å²) in [6.45, 7) is 0. The van der Waals surface area contributed by atoms with Crippen LogP contribution < -0.4 is 11.1 Å². The number of nitrogens with two attached hydrogens (primary N) is 1. The Bertz CT molecular complexity index is 1100. The lowest BCUT2D eigenvalue weighted by Gasteiger charge is -2.08. The van der Waals surface area contributed by atoms with Gasteiger partial charge in [0.1, 0.15) is 16.4 Å². The first-order valence-corrected chi connectivity index (χ1v) is 9.77. The van der Waals surface area contributed by atoms with Gasteiger partial charge in [-0.05, 0) is 41.1 Å². The van der Waals surface area contributed by atoms with Gasteiger partial charge in [-0.25, -0.2) is 4.68 Å². The van der Waals surface area contributed by atoms with Crippen LogP contribution in [0.15, 0.2) is 65.4 Å². The summed E-state index contributed by atoms with van der Waals surface area (Å²) in [5, 5.41) is 11.5. The molecule has 0 aliphatic carbocycles. The number of anilines is 1. The van der Waals surface area contributed by atoms with Gasteiger partial charge in [0.2, 0.25) is 0 Å². The van der Waals surface area contributed by atoms with Crippen molar-refractivity contribution in [2.75, 3.05) is 5.32 Å². The number of nitrogens with zero attached hydrogens (tertiary/aromatic N) is 2. The molecule has 0 saturated heterocycles. The predicted molar refractivity (Wildman–Crippen MR) is 108 cm³/mol. The second kappa shape index (κ2) is 7.18. The second-order valence-electron chi connectivity index (χ2n) is 5.62. The van der Waals surface area contributed by atoms with Crippen molar-refractivity contribution in [2.24, 2.45) is 5.73 Å². The number of aromatic nitrogens is 2. The highest BCUT2D eigenvalue weighted by atomic mass is 32.1. The summed E-state index contributed by atoms with van der Waals surface area (Å²) in [6, 6.07) is 16.6. The first kappa shape index (κ1) is 17.2. The van der Waals surface area contributed by atoms with Gasteiger partial charge in [-0.2, -0.15) is 5.10 Å². The van der Waals surface area contributed by atoms with Crippen LogP contribution in [0, 0.1) is 0 Å². The van der Waals surface area contributed by atoms with E-state index < -0.39 is 5.91 Å². The molecule has 0 atom stereocenters. The van der Waals surface area contributed by atoms with Gasteiger partial charge in [0.15, 0.2) is 0 Å². The average Bonchev–Trinajstić information content (AvgIpc) is 3.41. The van der Waals surface area contributed by atoms with Crippen LogP contribution in [-0.2, 0) is 0 Å². The van der Waals surface area contributed by atoms with Gasteiger partial charge in [-0.3, -0.25) is 9.59 Å². The van der Waals surface area contributed by atoms with Crippen LogP contribution in [0.2, 0.25) is 0 Å². The van der Waals surface area contributed by atoms with Gasteiger partial charge in [0.05, 0.1) is 16.1 Å². The molecule has 134 valence electrons. The molecule has 4 aromatic rings. The number of hydrogen-bond acceptors (Lipinski definition) is 5. The molecular weight excluding hydrogens is 380 g/mol. The lowest BCUT2D eigenvalue weighted by Crippen LogP contribution is -2.19. The molecule has 0 unspecified atom stereocenters. The molecule has 0 spiro atoms. The maximum absolute atomic E-state index is 12.9. The lowest BCUT2D eigenvalue weighted by atomic mass is 10.2. The molecule has 8 heteroatoms. The first-order valence-electron chi connectivity index (χ1n) is 8.01. The van der Waals surface area contributed by atoms with Crippen molar-refractivity contribution >= 4 is 39.5 Å². The van der Waals surface area contributed by atoms with E-state index in [1.54, 1.807) is 33.5 Å². The van der Waals surface area contributed by atoms with Crippen molar-refractivity contribution in [1.29, 1.82) is 0 Å². The summed E-state index contributed by atoms with van der Waals surface area (Å²) in [6.07, 6.45) is 0. The number of carbonyl (C=O) groups excluding carboxylic acids is 2. The summed E-state index contributed by atoms with van der Waals surface area (Å²) in [5.74, 6) is -0.943. The van der Waals surface area contributed by atoms with Crippen LogP contribution in [0.1, 0.15) is 20.8 Å². The first-order chi connectivity index (χ1) is 13.1. The fraction of sp³-hybridized carbons (Fsp3) is 0. The smallest absolute Gasteiger partial charge is 0.275 e. The minimum absolute atomic E-state index is 0.289. The molecule has 0 saturated carbocycles. The number of thiophene rings is 2. The Morgan fingerprint density at radius 2 is 1.81 bits per heavy atom. The van der Waals surface area contributed by atoms with Crippen molar-refractivity contribution < 1.29 is 9.59 Å². The number of primary amides is 1. The molecular formula is C19H14N4O2S2. The normalized spacial score (nSPS) is 10.7. The van der Waals surface area contributed by atoms with Gasteiger partial charge in [-0.1, -0.05) is 24.3 Å². The highest BCUT2D eigenvalue weighted by molar-refractivity contribution is 7.14. The molecule has 1 aromatic carbocycles. The minimum atomic E-state index is -0.581.